The average molecular weight is 514 g/mol. The smallest absolute Gasteiger partial charge is 0.444 e. The molecule has 36 heavy (non-hydrogen) atoms. The minimum Gasteiger partial charge on any atom is -0.444 e. The summed E-state index contributed by atoms with van der Waals surface area (Å²) in [7, 11) is 0. The Morgan fingerprint density at radius 2 is 1.69 bits per heavy atom. The molecular weight excluding hydrogens is 471 g/mol. The maximum Gasteiger partial charge on any atom is 0.573 e. The highest BCUT2D eigenvalue weighted by molar-refractivity contribution is 5.68. The molecule has 2 saturated heterocycles. The van der Waals surface area contributed by atoms with Crippen molar-refractivity contribution < 1.29 is 27.4 Å². The lowest BCUT2D eigenvalue weighted by molar-refractivity contribution is -0.274. The minimum atomic E-state index is -4.69. The van der Waals surface area contributed by atoms with Crippen molar-refractivity contribution in [2.45, 2.75) is 96.8 Å². The van der Waals surface area contributed by atoms with Crippen LogP contribution in [0.5, 0.6) is 5.75 Å². The van der Waals surface area contributed by atoms with Crippen LogP contribution in [0.1, 0.15) is 78.8 Å². The van der Waals surface area contributed by atoms with E-state index in [1.54, 1.807) is 12.1 Å². The van der Waals surface area contributed by atoms with Crippen molar-refractivity contribution >= 4 is 6.09 Å². The maximum absolute atomic E-state index is 12.6. The zero-order chi connectivity index (χ0) is 26.7. The van der Waals surface area contributed by atoms with E-state index in [2.05, 4.69) is 35.3 Å². The summed E-state index contributed by atoms with van der Waals surface area (Å²) in [5, 5.41) is 0. The topological polar surface area (TPSA) is 45.2 Å². The Kier molecular flexibility index (Phi) is 8.87. The first-order valence-corrected chi connectivity index (χ1v) is 13.1. The molecule has 3 rings (SSSR count). The highest BCUT2D eigenvalue weighted by Gasteiger charge is 2.41. The van der Waals surface area contributed by atoms with Crippen molar-refractivity contribution in [3.8, 4) is 5.75 Å². The molecule has 2 fully saturated rings. The zero-order valence-electron chi connectivity index (χ0n) is 22.5. The second kappa shape index (κ2) is 11.2. The Balaban J connectivity index is 1.61. The molecule has 0 spiro atoms. The Morgan fingerprint density at radius 3 is 2.19 bits per heavy atom. The molecule has 1 amide bonds. The van der Waals surface area contributed by atoms with Gasteiger partial charge < -0.3 is 14.4 Å². The summed E-state index contributed by atoms with van der Waals surface area (Å²) in [6.45, 7) is 16.4. The van der Waals surface area contributed by atoms with Gasteiger partial charge in [-0.05, 0) is 71.6 Å². The second-order valence-corrected chi connectivity index (χ2v) is 11.4. The van der Waals surface area contributed by atoms with Crippen LogP contribution in [0.4, 0.5) is 18.0 Å². The fraction of sp³-hybridized carbons (Fsp3) is 0.741. The van der Waals surface area contributed by atoms with Gasteiger partial charge in [0.2, 0.25) is 0 Å². The van der Waals surface area contributed by atoms with Crippen molar-refractivity contribution in [3.63, 3.8) is 0 Å². The summed E-state index contributed by atoms with van der Waals surface area (Å²) in [5.41, 5.74) is 0.545. The molecule has 0 radical (unpaired) electrons. The molecule has 0 unspecified atom stereocenters. The molecule has 0 N–H and O–H groups in total. The molecule has 1 aromatic carbocycles. The van der Waals surface area contributed by atoms with Gasteiger partial charge in [-0.15, -0.1) is 13.2 Å². The van der Waals surface area contributed by atoms with Gasteiger partial charge in [-0.1, -0.05) is 25.5 Å². The van der Waals surface area contributed by atoms with E-state index in [1.165, 1.54) is 12.1 Å². The van der Waals surface area contributed by atoms with Gasteiger partial charge in [-0.2, -0.15) is 0 Å². The third kappa shape index (κ3) is 7.51. The van der Waals surface area contributed by atoms with Gasteiger partial charge in [0.1, 0.15) is 11.4 Å². The number of halogens is 3. The van der Waals surface area contributed by atoms with Gasteiger partial charge in [0, 0.05) is 50.3 Å². The van der Waals surface area contributed by atoms with Gasteiger partial charge >= 0.3 is 12.5 Å². The maximum atomic E-state index is 12.6. The SMILES string of the molecule is CCC[C@H](c1ccc(OC(F)(F)F)cc1)N1CCN(C2(C)CCN(C(=O)OC(C)(C)C)CC2)C[C@@H]1C. The van der Waals surface area contributed by atoms with E-state index in [0.717, 1.165) is 50.9 Å². The van der Waals surface area contributed by atoms with E-state index < -0.39 is 12.0 Å². The molecule has 2 atom stereocenters. The van der Waals surface area contributed by atoms with Gasteiger partial charge in [-0.3, -0.25) is 9.80 Å². The Bertz CT molecular complexity index is 862. The van der Waals surface area contributed by atoms with Crippen molar-refractivity contribution in [3.05, 3.63) is 29.8 Å². The fourth-order valence-electron chi connectivity index (χ4n) is 5.43. The van der Waals surface area contributed by atoms with E-state index in [1.807, 2.05) is 25.7 Å². The first-order valence-electron chi connectivity index (χ1n) is 13.1. The number of piperazine rings is 1. The number of carbonyl (C=O) groups excluding carboxylic acids is 1. The highest BCUT2D eigenvalue weighted by atomic mass is 19.4. The second-order valence-electron chi connectivity index (χ2n) is 11.4. The lowest BCUT2D eigenvalue weighted by Crippen LogP contribution is -2.62. The molecule has 2 aliphatic heterocycles. The lowest BCUT2D eigenvalue weighted by atomic mass is 9.86. The van der Waals surface area contributed by atoms with Gasteiger partial charge in [0.05, 0.1) is 0 Å². The van der Waals surface area contributed by atoms with Crippen molar-refractivity contribution in [1.82, 2.24) is 14.7 Å². The number of nitrogens with zero attached hydrogens (tertiary/aromatic N) is 3. The Morgan fingerprint density at radius 1 is 1.08 bits per heavy atom. The number of benzene rings is 1. The molecular formula is C27H42F3N3O3. The Hall–Kier alpha value is -2.00. The van der Waals surface area contributed by atoms with Crippen LogP contribution in [0.2, 0.25) is 0 Å². The first kappa shape index (κ1) is 28.6. The summed E-state index contributed by atoms with van der Waals surface area (Å²) in [4.78, 5) is 19.3. The van der Waals surface area contributed by atoms with E-state index in [9.17, 15) is 18.0 Å². The molecule has 2 aliphatic rings. The van der Waals surface area contributed by atoms with E-state index in [0.29, 0.717) is 19.1 Å². The Labute approximate surface area is 213 Å². The number of carbonyl (C=O) groups is 1. The molecule has 0 saturated carbocycles. The van der Waals surface area contributed by atoms with Gasteiger partial charge in [0.25, 0.3) is 0 Å². The third-order valence-corrected chi connectivity index (χ3v) is 7.40. The van der Waals surface area contributed by atoms with E-state index >= 15 is 0 Å². The van der Waals surface area contributed by atoms with Gasteiger partial charge in [-0.25, -0.2) is 4.79 Å². The van der Waals surface area contributed by atoms with Crippen molar-refractivity contribution in [2.24, 2.45) is 0 Å². The summed E-state index contributed by atoms with van der Waals surface area (Å²) >= 11 is 0. The third-order valence-electron chi connectivity index (χ3n) is 7.40. The molecule has 9 heteroatoms. The fourth-order valence-corrected chi connectivity index (χ4v) is 5.43. The predicted octanol–water partition coefficient (Wildman–Crippen LogP) is 6.22. The van der Waals surface area contributed by atoms with E-state index in [-0.39, 0.29) is 23.4 Å². The molecule has 0 bridgehead atoms. The normalized spacial score (nSPS) is 22.8. The van der Waals surface area contributed by atoms with E-state index in [4.69, 9.17) is 4.74 Å². The summed E-state index contributed by atoms with van der Waals surface area (Å²) in [6.07, 6.45) is -1.20. The molecule has 0 aromatic heterocycles. The monoisotopic (exact) mass is 513 g/mol. The van der Waals surface area contributed by atoms with Crippen LogP contribution >= 0.6 is 0 Å². The van der Waals surface area contributed by atoms with Crippen LogP contribution in [0.15, 0.2) is 24.3 Å². The number of hydrogen-bond acceptors (Lipinski definition) is 5. The summed E-state index contributed by atoms with van der Waals surface area (Å²) < 4.78 is 47.2. The number of piperidine rings is 1. The summed E-state index contributed by atoms with van der Waals surface area (Å²) in [5.74, 6) is -0.190. The van der Waals surface area contributed by atoms with Crippen LogP contribution in [0.3, 0.4) is 0 Å². The van der Waals surface area contributed by atoms with Crippen LogP contribution in [0.25, 0.3) is 0 Å². The van der Waals surface area contributed by atoms with Crippen LogP contribution in [-0.2, 0) is 4.74 Å². The predicted molar refractivity (Wildman–Crippen MR) is 134 cm³/mol. The van der Waals surface area contributed by atoms with Crippen LogP contribution in [-0.4, -0.2) is 77.1 Å². The van der Waals surface area contributed by atoms with Crippen molar-refractivity contribution in [2.75, 3.05) is 32.7 Å². The number of alkyl halides is 3. The number of rotatable bonds is 6. The molecule has 0 aliphatic carbocycles. The lowest BCUT2D eigenvalue weighted by Gasteiger charge is -2.52. The zero-order valence-corrected chi connectivity index (χ0v) is 22.5. The first-order chi connectivity index (χ1) is 16.7. The number of likely N-dealkylation sites (tertiary alicyclic amines) is 1. The van der Waals surface area contributed by atoms with Crippen molar-refractivity contribution in [1.29, 1.82) is 0 Å². The van der Waals surface area contributed by atoms with Crippen LogP contribution in [0, 0.1) is 0 Å². The standard InChI is InChI=1S/C27H42F3N3O3/c1-7-8-23(21-9-11-22(12-10-21)35-27(28,29)30)33-18-17-32(19-20(33)2)26(6)13-15-31(16-14-26)24(34)36-25(3,4)5/h9-12,20,23H,7-8,13-19H2,1-6H3/t20-,23+/m0/s1. The van der Waals surface area contributed by atoms with Gasteiger partial charge in [0.15, 0.2) is 0 Å². The van der Waals surface area contributed by atoms with Crippen LogP contribution < -0.4 is 4.74 Å². The number of hydrogen-bond donors (Lipinski definition) is 0. The molecule has 6 nitrogen and oxygen atoms in total. The number of ether oxygens (including phenoxy) is 2. The minimum absolute atomic E-state index is 0.0235. The molecule has 1 aromatic rings. The summed E-state index contributed by atoms with van der Waals surface area (Å²) in [6, 6.07) is 6.77. The number of amides is 1. The molecule has 2 heterocycles. The quantitative estimate of drug-likeness (QED) is 0.452. The molecule has 204 valence electrons. The largest absolute Gasteiger partial charge is 0.573 e. The highest BCUT2D eigenvalue weighted by Crippen LogP contribution is 2.36. The average Bonchev–Trinajstić information content (AvgIpc) is 2.76.